The summed E-state index contributed by atoms with van der Waals surface area (Å²) in [6, 6.07) is 9.89. The SMILES string of the molecule is CC(C)CCNC(N)=NCC(CO)c1ccccc1. The molecule has 0 aliphatic heterocycles. The Bertz CT molecular complexity index is 376. The number of aliphatic hydroxyl groups excluding tert-OH is 1. The second-order valence-electron chi connectivity index (χ2n) is 5.13. The standard InChI is InChI=1S/C15H25N3O/c1-12(2)8-9-17-15(16)18-10-14(11-19)13-6-4-3-5-7-13/h3-7,12,14,19H,8-11H2,1-2H3,(H3,16,17,18). The zero-order valence-corrected chi connectivity index (χ0v) is 11.8. The van der Waals surface area contributed by atoms with Gasteiger partial charge in [-0.05, 0) is 17.9 Å². The minimum absolute atomic E-state index is 0.00616. The molecule has 0 saturated carbocycles. The average molecular weight is 263 g/mol. The molecule has 0 fully saturated rings. The molecule has 1 rings (SSSR count). The first kappa shape index (κ1) is 15.5. The van der Waals surface area contributed by atoms with Crippen molar-refractivity contribution >= 4 is 5.96 Å². The molecule has 0 aliphatic rings. The van der Waals surface area contributed by atoms with Crippen LogP contribution in [0.5, 0.6) is 0 Å². The quantitative estimate of drug-likeness (QED) is 0.518. The van der Waals surface area contributed by atoms with E-state index in [1.54, 1.807) is 0 Å². The number of nitrogens with two attached hydrogens (primary N) is 1. The summed E-state index contributed by atoms with van der Waals surface area (Å²) in [5, 5.41) is 12.5. The van der Waals surface area contributed by atoms with Crippen molar-refractivity contribution < 1.29 is 5.11 Å². The minimum atomic E-state index is 0.00616. The molecule has 0 aliphatic carbocycles. The molecular weight excluding hydrogens is 238 g/mol. The summed E-state index contributed by atoms with van der Waals surface area (Å²) in [5.74, 6) is 1.11. The summed E-state index contributed by atoms with van der Waals surface area (Å²) in [4.78, 5) is 4.29. The van der Waals surface area contributed by atoms with Crippen LogP contribution in [-0.2, 0) is 0 Å². The Morgan fingerprint density at radius 3 is 2.58 bits per heavy atom. The zero-order valence-electron chi connectivity index (χ0n) is 11.8. The lowest BCUT2D eigenvalue weighted by molar-refractivity contribution is 0.268. The molecule has 4 nitrogen and oxygen atoms in total. The van der Waals surface area contributed by atoms with Gasteiger partial charge in [0.25, 0.3) is 0 Å². The van der Waals surface area contributed by atoms with Crippen molar-refractivity contribution in [2.24, 2.45) is 16.6 Å². The van der Waals surface area contributed by atoms with E-state index in [2.05, 4.69) is 24.2 Å². The molecule has 4 heteroatoms. The van der Waals surface area contributed by atoms with Crippen molar-refractivity contribution in [1.29, 1.82) is 0 Å². The third-order valence-electron chi connectivity index (χ3n) is 3.00. The zero-order chi connectivity index (χ0) is 14.1. The van der Waals surface area contributed by atoms with E-state index in [-0.39, 0.29) is 12.5 Å². The Balaban J connectivity index is 2.44. The van der Waals surface area contributed by atoms with Gasteiger partial charge in [0.2, 0.25) is 0 Å². The highest BCUT2D eigenvalue weighted by Crippen LogP contribution is 2.14. The second-order valence-corrected chi connectivity index (χ2v) is 5.13. The molecule has 19 heavy (non-hydrogen) atoms. The number of aliphatic hydroxyl groups is 1. The Labute approximate surface area is 115 Å². The summed E-state index contributed by atoms with van der Waals surface area (Å²) in [6.07, 6.45) is 1.07. The topological polar surface area (TPSA) is 70.6 Å². The summed E-state index contributed by atoms with van der Waals surface area (Å²) in [6.45, 7) is 5.76. The first-order chi connectivity index (χ1) is 9.13. The fourth-order valence-electron chi connectivity index (χ4n) is 1.75. The minimum Gasteiger partial charge on any atom is -0.396 e. The van der Waals surface area contributed by atoms with Gasteiger partial charge < -0.3 is 16.2 Å². The highest BCUT2D eigenvalue weighted by Gasteiger charge is 2.09. The predicted molar refractivity (Wildman–Crippen MR) is 80.2 cm³/mol. The van der Waals surface area contributed by atoms with E-state index < -0.39 is 0 Å². The normalized spacial score (nSPS) is 13.6. The number of rotatable bonds is 7. The van der Waals surface area contributed by atoms with Crippen LogP contribution < -0.4 is 11.1 Å². The van der Waals surface area contributed by atoms with Crippen molar-refractivity contribution in [2.45, 2.75) is 26.2 Å². The van der Waals surface area contributed by atoms with Crippen LogP contribution in [0, 0.1) is 5.92 Å². The smallest absolute Gasteiger partial charge is 0.188 e. The van der Waals surface area contributed by atoms with Gasteiger partial charge in [0, 0.05) is 12.5 Å². The molecule has 4 N–H and O–H groups in total. The number of aliphatic imine (C=N–C) groups is 1. The molecule has 1 aromatic rings. The van der Waals surface area contributed by atoms with Crippen molar-refractivity contribution in [2.75, 3.05) is 19.7 Å². The highest BCUT2D eigenvalue weighted by molar-refractivity contribution is 5.77. The Morgan fingerprint density at radius 1 is 1.32 bits per heavy atom. The van der Waals surface area contributed by atoms with Gasteiger partial charge in [-0.25, -0.2) is 0 Å². The molecular formula is C15H25N3O. The monoisotopic (exact) mass is 263 g/mol. The molecule has 0 heterocycles. The maximum absolute atomic E-state index is 9.41. The lowest BCUT2D eigenvalue weighted by Gasteiger charge is -2.13. The fourth-order valence-corrected chi connectivity index (χ4v) is 1.75. The number of hydrogen-bond acceptors (Lipinski definition) is 2. The van der Waals surface area contributed by atoms with Gasteiger partial charge in [0.15, 0.2) is 5.96 Å². The molecule has 0 saturated heterocycles. The summed E-state index contributed by atoms with van der Waals surface area (Å²) >= 11 is 0. The third-order valence-corrected chi connectivity index (χ3v) is 3.00. The Hall–Kier alpha value is -1.55. The van der Waals surface area contributed by atoms with Gasteiger partial charge in [0.05, 0.1) is 13.2 Å². The average Bonchev–Trinajstić information content (AvgIpc) is 2.40. The van der Waals surface area contributed by atoms with Crippen molar-refractivity contribution in [3.8, 4) is 0 Å². The summed E-state index contributed by atoms with van der Waals surface area (Å²) in [7, 11) is 0. The predicted octanol–water partition coefficient (Wildman–Crippen LogP) is 1.71. The molecule has 1 atom stereocenters. The van der Waals surface area contributed by atoms with E-state index in [0.29, 0.717) is 18.4 Å². The van der Waals surface area contributed by atoms with Crippen molar-refractivity contribution in [3.63, 3.8) is 0 Å². The molecule has 0 spiro atoms. The van der Waals surface area contributed by atoms with E-state index in [0.717, 1.165) is 18.5 Å². The second kappa shape index (κ2) is 8.53. The largest absolute Gasteiger partial charge is 0.396 e. The number of benzene rings is 1. The van der Waals surface area contributed by atoms with Gasteiger partial charge in [-0.15, -0.1) is 0 Å². The lowest BCUT2D eigenvalue weighted by atomic mass is 10.0. The Morgan fingerprint density at radius 2 is 2.00 bits per heavy atom. The number of nitrogens with zero attached hydrogens (tertiary/aromatic N) is 1. The van der Waals surface area contributed by atoms with Gasteiger partial charge >= 0.3 is 0 Å². The van der Waals surface area contributed by atoms with E-state index in [1.807, 2.05) is 30.3 Å². The number of hydrogen-bond donors (Lipinski definition) is 3. The lowest BCUT2D eigenvalue weighted by Crippen LogP contribution is -2.33. The van der Waals surface area contributed by atoms with Crippen LogP contribution in [0.25, 0.3) is 0 Å². The van der Waals surface area contributed by atoms with Crippen LogP contribution in [0.4, 0.5) is 0 Å². The van der Waals surface area contributed by atoms with E-state index in [1.165, 1.54) is 0 Å². The fraction of sp³-hybridized carbons (Fsp3) is 0.533. The van der Waals surface area contributed by atoms with Crippen LogP contribution in [0.2, 0.25) is 0 Å². The van der Waals surface area contributed by atoms with Crippen LogP contribution in [-0.4, -0.2) is 30.8 Å². The third kappa shape index (κ3) is 6.25. The van der Waals surface area contributed by atoms with Gasteiger partial charge in [-0.3, -0.25) is 4.99 Å². The first-order valence-electron chi connectivity index (χ1n) is 6.83. The molecule has 0 bridgehead atoms. The van der Waals surface area contributed by atoms with Crippen LogP contribution in [0.15, 0.2) is 35.3 Å². The Kier molecular flexibility index (Phi) is 6.97. The molecule has 0 radical (unpaired) electrons. The van der Waals surface area contributed by atoms with E-state index in [4.69, 9.17) is 5.73 Å². The number of nitrogens with one attached hydrogen (secondary N) is 1. The highest BCUT2D eigenvalue weighted by atomic mass is 16.3. The van der Waals surface area contributed by atoms with Crippen LogP contribution >= 0.6 is 0 Å². The molecule has 0 aromatic heterocycles. The molecule has 106 valence electrons. The van der Waals surface area contributed by atoms with Gasteiger partial charge in [-0.1, -0.05) is 44.2 Å². The van der Waals surface area contributed by atoms with Crippen molar-refractivity contribution in [1.82, 2.24) is 5.32 Å². The summed E-state index contributed by atoms with van der Waals surface area (Å²) < 4.78 is 0. The maximum atomic E-state index is 9.41. The summed E-state index contributed by atoms with van der Waals surface area (Å²) in [5.41, 5.74) is 6.89. The van der Waals surface area contributed by atoms with E-state index in [9.17, 15) is 5.11 Å². The van der Waals surface area contributed by atoms with Crippen LogP contribution in [0.1, 0.15) is 31.7 Å². The van der Waals surface area contributed by atoms with Crippen molar-refractivity contribution in [3.05, 3.63) is 35.9 Å². The van der Waals surface area contributed by atoms with E-state index >= 15 is 0 Å². The molecule has 0 amide bonds. The van der Waals surface area contributed by atoms with Gasteiger partial charge in [0.1, 0.15) is 0 Å². The molecule has 1 unspecified atom stereocenters. The number of guanidine groups is 1. The maximum Gasteiger partial charge on any atom is 0.188 e. The first-order valence-corrected chi connectivity index (χ1v) is 6.83. The van der Waals surface area contributed by atoms with Crippen LogP contribution in [0.3, 0.4) is 0 Å². The molecule has 1 aromatic carbocycles. The van der Waals surface area contributed by atoms with Gasteiger partial charge in [-0.2, -0.15) is 0 Å².